The molecule has 1 N–H and O–H groups in total. The molecule has 0 saturated heterocycles. The fourth-order valence-electron chi connectivity index (χ4n) is 1.55. The molecule has 1 heteroatoms. The summed E-state index contributed by atoms with van der Waals surface area (Å²) in [6.07, 6.45) is 4.65. The molecule has 0 aliphatic carbocycles. The van der Waals surface area contributed by atoms with Crippen LogP contribution in [-0.2, 0) is 0 Å². The zero-order valence-electron chi connectivity index (χ0n) is 8.35. The lowest BCUT2D eigenvalue weighted by atomic mass is 9.84. The molecular weight excluding hydrogens is 136 g/mol. The van der Waals surface area contributed by atoms with Crippen molar-refractivity contribution in [3.05, 3.63) is 0 Å². The molecule has 0 saturated carbocycles. The fourth-order valence-corrected chi connectivity index (χ4v) is 1.55. The van der Waals surface area contributed by atoms with E-state index in [4.69, 9.17) is 0 Å². The quantitative estimate of drug-likeness (QED) is 0.652. The van der Waals surface area contributed by atoms with Crippen LogP contribution in [0.15, 0.2) is 0 Å². The Morgan fingerprint density at radius 2 is 1.45 bits per heavy atom. The molecule has 0 heterocycles. The fraction of sp³-hybridized carbons (Fsp3) is 1.00. The van der Waals surface area contributed by atoms with E-state index in [9.17, 15) is 5.11 Å². The van der Waals surface area contributed by atoms with Gasteiger partial charge in [-0.05, 0) is 32.6 Å². The molecule has 0 unspecified atom stereocenters. The van der Waals surface area contributed by atoms with Gasteiger partial charge in [0.2, 0.25) is 0 Å². The van der Waals surface area contributed by atoms with Crippen LogP contribution in [0.5, 0.6) is 0 Å². The van der Waals surface area contributed by atoms with E-state index < -0.39 is 5.60 Å². The van der Waals surface area contributed by atoms with Gasteiger partial charge in [-0.1, -0.05) is 26.7 Å². The zero-order chi connectivity index (χ0) is 8.91. The second kappa shape index (κ2) is 4.76. The second-order valence-corrected chi connectivity index (χ2v) is 3.93. The van der Waals surface area contributed by atoms with Crippen LogP contribution in [0.4, 0.5) is 0 Å². The van der Waals surface area contributed by atoms with Crippen LogP contribution in [0.2, 0.25) is 0 Å². The molecule has 0 fully saturated rings. The van der Waals surface area contributed by atoms with Crippen LogP contribution >= 0.6 is 0 Å². The standard InChI is InChI=1S/C10H22O/c1-5-7-9(8-6-2)10(3,4)11/h9,11H,5-8H2,1-4H3. The summed E-state index contributed by atoms with van der Waals surface area (Å²) < 4.78 is 0. The summed E-state index contributed by atoms with van der Waals surface area (Å²) in [5.74, 6) is 0.484. The molecule has 1 nitrogen and oxygen atoms in total. The van der Waals surface area contributed by atoms with Crippen LogP contribution in [0.3, 0.4) is 0 Å². The van der Waals surface area contributed by atoms with Gasteiger partial charge in [0.25, 0.3) is 0 Å². The van der Waals surface area contributed by atoms with Crippen molar-refractivity contribution in [2.24, 2.45) is 5.92 Å². The molecule has 0 bridgehead atoms. The van der Waals surface area contributed by atoms with Gasteiger partial charge in [-0.25, -0.2) is 0 Å². The van der Waals surface area contributed by atoms with E-state index in [-0.39, 0.29) is 0 Å². The zero-order valence-corrected chi connectivity index (χ0v) is 8.35. The maximum atomic E-state index is 9.74. The van der Waals surface area contributed by atoms with Gasteiger partial charge in [-0.3, -0.25) is 0 Å². The van der Waals surface area contributed by atoms with E-state index >= 15 is 0 Å². The van der Waals surface area contributed by atoms with Gasteiger partial charge in [-0.2, -0.15) is 0 Å². The van der Waals surface area contributed by atoms with E-state index in [2.05, 4.69) is 13.8 Å². The number of aliphatic hydroxyl groups is 1. The van der Waals surface area contributed by atoms with Gasteiger partial charge in [0.1, 0.15) is 0 Å². The van der Waals surface area contributed by atoms with E-state index in [0.29, 0.717) is 5.92 Å². The van der Waals surface area contributed by atoms with Crippen molar-refractivity contribution in [1.29, 1.82) is 0 Å². The largest absolute Gasteiger partial charge is 0.390 e. The number of hydrogen-bond donors (Lipinski definition) is 1. The lowest BCUT2D eigenvalue weighted by Crippen LogP contribution is -2.30. The first-order chi connectivity index (χ1) is 5.02. The Labute approximate surface area is 70.8 Å². The average Bonchev–Trinajstić information content (AvgIpc) is 1.85. The average molecular weight is 158 g/mol. The van der Waals surface area contributed by atoms with Crippen molar-refractivity contribution in [2.45, 2.75) is 59.0 Å². The van der Waals surface area contributed by atoms with Gasteiger partial charge in [0, 0.05) is 0 Å². The molecule has 0 aromatic heterocycles. The van der Waals surface area contributed by atoms with Gasteiger partial charge < -0.3 is 5.11 Å². The van der Waals surface area contributed by atoms with E-state index in [1.807, 2.05) is 13.8 Å². The molecule has 0 aliphatic heterocycles. The Balaban J connectivity index is 3.88. The third-order valence-corrected chi connectivity index (χ3v) is 2.27. The third-order valence-electron chi connectivity index (χ3n) is 2.27. The molecule has 11 heavy (non-hydrogen) atoms. The first-order valence-corrected chi connectivity index (χ1v) is 4.74. The van der Waals surface area contributed by atoms with Gasteiger partial charge >= 0.3 is 0 Å². The maximum absolute atomic E-state index is 9.74. The highest BCUT2D eigenvalue weighted by Gasteiger charge is 2.24. The maximum Gasteiger partial charge on any atom is 0.0619 e. The Hall–Kier alpha value is -0.0400. The van der Waals surface area contributed by atoms with E-state index in [0.717, 1.165) is 12.8 Å². The Morgan fingerprint density at radius 1 is 1.09 bits per heavy atom. The topological polar surface area (TPSA) is 20.2 Å². The molecule has 0 aromatic carbocycles. The van der Waals surface area contributed by atoms with Crippen molar-refractivity contribution in [3.63, 3.8) is 0 Å². The summed E-state index contributed by atoms with van der Waals surface area (Å²) in [5.41, 5.74) is -0.480. The summed E-state index contributed by atoms with van der Waals surface area (Å²) in [5, 5.41) is 9.74. The minimum atomic E-state index is -0.480. The summed E-state index contributed by atoms with van der Waals surface area (Å²) in [7, 11) is 0. The second-order valence-electron chi connectivity index (χ2n) is 3.93. The van der Waals surface area contributed by atoms with Crippen LogP contribution in [-0.4, -0.2) is 10.7 Å². The van der Waals surface area contributed by atoms with Crippen molar-refractivity contribution in [3.8, 4) is 0 Å². The van der Waals surface area contributed by atoms with E-state index in [1.54, 1.807) is 0 Å². The van der Waals surface area contributed by atoms with Crippen molar-refractivity contribution in [1.82, 2.24) is 0 Å². The minimum absolute atomic E-state index is 0.480. The molecule has 0 spiro atoms. The smallest absolute Gasteiger partial charge is 0.0619 e. The number of hydrogen-bond acceptors (Lipinski definition) is 1. The minimum Gasteiger partial charge on any atom is -0.390 e. The van der Waals surface area contributed by atoms with Gasteiger partial charge in [0.15, 0.2) is 0 Å². The van der Waals surface area contributed by atoms with Gasteiger partial charge in [0.05, 0.1) is 5.60 Å². The first kappa shape index (κ1) is 11.0. The highest BCUT2D eigenvalue weighted by molar-refractivity contribution is 4.76. The Morgan fingerprint density at radius 3 is 1.64 bits per heavy atom. The van der Waals surface area contributed by atoms with Crippen LogP contribution < -0.4 is 0 Å². The third kappa shape index (κ3) is 4.41. The van der Waals surface area contributed by atoms with Crippen molar-refractivity contribution < 1.29 is 5.11 Å². The summed E-state index contributed by atoms with van der Waals surface area (Å²) in [6.45, 7) is 8.19. The first-order valence-electron chi connectivity index (χ1n) is 4.74. The number of rotatable bonds is 5. The molecule has 0 aliphatic rings. The summed E-state index contributed by atoms with van der Waals surface area (Å²) in [6, 6.07) is 0. The Kier molecular flexibility index (Phi) is 4.74. The molecular formula is C10H22O. The van der Waals surface area contributed by atoms with Gasteiger partial charge in [-0.15, -0.1) is 0 Å². The predicted octanol–water partition coefficient (Wildman–Crippen LogP) is 2.97. The Bertz CT molecular complexity index is 85.5. The van der Waals surface area contributed by atoms with E-state index in [1.165, 1.54) is 12.8 Å². The molecule has 0 aromatic rings. The van der Waals surface area contributed by atoms with Crippen LogP contribution in [0, 0.1) is 5.92 Å². The van der Waals surface area contributed by atoms with Crippen LogP contribution in [0.1, 0.15) is 53.4 Å². The molecule has 0 amide bonds. The molecule has 68 valence electrons. The van der Waals surface area contributed by atoms with Crippen molar-refractivity contribution in [2.75, 3.05) is 0 Å². The molecule has 0 radical (unpaired) electrons. The van der Waals surface area contributed by atoms with Crippen molar-refractivity contribution >= 4 is 0 Å². The molecule has 0 atom stereocenters. The lowest BCUT2D eigenvalue weighted by molar-refractivity contribution is 0.00874. The summed E-state index contributed by atoms with van der Waals surface area (Å²) >= 11 is 0. The summed E-state index contributed by atoms with van der Waals surface area (Å²) in [4.78, 5) is 0. The lowest BCUT2D eigenvalue weighted by Gasteiger charge is -2.28. The highest BCUT2D eigenvalue weighted by atomic mass is 16.3. The highest BCUT2D eigenvalue weighted by Crippen LogP contribution is 2.25. The SMILES string of the molecule is CCCC(CCC)C(C)(C)O. The molecule has 0 rings (SSSR count). The monoisotopic (exact) mass is 158 g/mol. The normalized spacial score (nSPS) is 12.5. The predicted molar refractivity (Wildman–Crippen MR) is 49.6 cm³/mol. The van der Waals surface area contributed by atoms with Crippen LogP contribution in [0.25, 0.3) is 0 Å².